The van der Waals surface area contributed by atoms with Crippen molar-refractivity contribution in [2.45, 2.75) is 65.5 Å². The van der Waals surface area contributed by atoms with Gasteiger partial charge in [-0.1, -0.05) is 27.7 Å². The summed E-state index contributed by atoms with van der Waals surface area (Å²) in [7, 11) is 4.24. The molecule has 0 aromatic carbocycles. The molecule has 1 rings (SSSR count). The highest BCUT2D eigenvalue weighted by molar-refractivity contribution is 5.50. The van der Waals surface area contributed by atoms with E-state index in [0.29, 0.717) is 11.8 Å². The van der Waals surface area contributed by atoms with Crippen molar-refractivity contribution in [3.8, 4) is 0 Å². The number of carbonyl (C=O) groups is 1. The van der Waals surface area contributed by atoms with Crippen LogP contribution >= 0.6 is 0 Å². The lowest BCUT2D eigenvalue weighted by Gasteiger charge is -2.28. The Balaban J connectivity index is 0.000000425. The maximum absolute atomic E-state index is 10.2. The van der Waals surface area contributed by atoms with Gasteiger partial charge < -0.3 is 19.7 Å². The van der Waals surface area contributed by atoms with E-state index in [1.54, 1.807) is 0 Å². The standard InChI is InChI=1S/C11H22O2.C7H16N2/c1-9(2)7-11(8-10(3)4)13-6-5-12;1-8-7-3-5-9(2)6-4-7/h5,9-11H,6-8H2,1-4H3;7-8H,3-6H2,1-2H3. The van der Waals surface area contributed by atoms with Crippen molar-refractivity contribution in [3.63, 3.8) is 0 Å². The fraction of sp³-hybridized carbons (Fsp3) is 0.944. The number of rotatable bonds is 8. The monoisotopic (exact) mass is 314 g/mol. The Labute approximate surface area is 138 Å². The van der Waals surface area contributed by atoms with Crippen LogP contribution in [-0.4, -0.2) is 57.1 Å². The number of piperidine rings is 1. The van der Waals surface area contributed by atoms with E-state index in [4.69, 9.17) is 4.74 Å². The van der Waals surface area contributed by atoms with Crippen LogP contribution in [0.4, 0.5) is 0 Å². The van der Waals surface area contributed by atoms with Gasteiger partial charge in [0.2, 0.25) is 0 Å². The maximum Gasteiger partial charge on any atom is 0.145 e. The van der Waals surface area contributed by atoms with Crippen molar-refractivity contribution in [2.24, 2.45) is 11.8 Å². The molecule has 22 heavy (non-hydrogen) atoms. The first-order valence-corrected chi connectivity index (χ1v) is 8.80. The molecule has 0 unspecified atom stereocenters. The first-order chi connectivity index (χ1) is 10.4. The average molecular weight is 315 g/mol. The van der Waals surface area contributed by atoms with Gasteiger partial charge in [-0.2, -0.15) is 0 Å². The molecular weight excluding hydrogens is 276 g/mol. The molecule has 1 aliphatic heterocycles. The minimum absolute atomic E-state index is 0.240. The topological polar surface area (TPSA) is 41.6 Å². The van der Waals surface area contributed by atoms with Gasteiger partial charge in [0.15, 0.2) is 0 Å². The summed E-state index contributed by atoms with van der Waals surface area (Å²) < 4.78 is 5.44. The minimum atomic E-state index is 0.240. The van der Waals surface area contributed by atoms with Crippen LogP contribution in [-0.2, 0) is 9.53 Å². The molecule has 0 aromatic heterocycles. The number of carbonyl (C=O) groups excluding carboxylic acids is 1. The van der Waals surface area contributed by atoms with Crippen LogP contribution in [0.1, 0.15) is 53.4 Å². The molecule has 132 valence electrons. The minimum Gasteiger partial charge on any atom is -0.371 e. The van der Waals surface area contributed by atoms with Crippen molar-refractivity contribution in [1.29, 1.82) is 0 Å². The lowest BCUT2D eigenvalue weighted by Crippen LogP contribution is -2.39. The van der Waals surface area contributed by atoms with E-state index in [1.807, 2.05) is 0 Å². The van der Waals surface area contributed by atoms with Crippen molar-refractivity contribution in [1.82, 2.24) is 10.2 Å². The van der Waals surface area contributed by atoms with E-state index < -0.39 is 0 Å². The van der Waals surface area contributed by atoms with E-state index in [9.17, 15) is 4.79 Å². The Kier molecular flexibility index (Phi) is 12.8. The molecule has 1 heterocycles. The molecule has 0 saturated carbocycles. The van der Waals surface area contributed by atoms with Gasteiger partial charge in [0.25, 0.3) is 0 Å². The summed E-state index contributed by atoms with van der Waals surface area (Å²) in [6, 6.07) is 0.779. The predicted octanol–water partition coefficient (Wildman–Crippen LogP) is 2.96. The molecule has 0 atom stereocenters. The van der Waals surface area contributed by atoms with Crippen LogP contribution in [0.2, 0.25) is 0 Å². The molecule has 4 nitrogen and oxygen atoms in total. The van der Waals surface area contributed by atoms with Crippen LogP contribution in [0, 0.1) is 11.8 Å². The van der Waals surface area contributed by atoms with Crippen molar-refractivity contribution in [3.05, 3.63) is 0 Å². The Morgan fingerprint density at radius 3 is 2.00 bits per heavy atom. The predicted molar refractivity (Wildman–Crippen MR) is 94.3 cm³/mol. The van der Waals surface area contributed by atoms with Gasteiger partial charge in [0, 0.05) is 6.04 Å². The first kappa shape index (κ1) is 21.6. The van der Waals surface area contributed by atoms with Gasteiger partial charge in [0.1, 0.15) is 12.9 Å². The van der Waals surface area contributed by atoms with Crippen LogP contribution in [0.5, 0.6) is 0 Å². The summed E-state index contributed by atoms with van der Waals surface area (Å²) in [6.07, 6.45) is 5.80. The number of nitrogens with one attached hydrogen (secondary N) is 1. The van der Waals surface area contributed by atoms with Crippen LogP contribution < -0.4 is 5.32 Å². The summed E-state index contributed by atoms with van der Waals surface area (Å²) >= 11 is 0. The number of ether oxygens (including phenoxy) is 1. The highest BCUT2D eigenvalue weighted by Crippen LogP contribution is 2.16. The second-order valence-electron chi connectivity index (χ2n) is 7.25. The molecule has 0 aromatic rings. The number of nitrogens with zero attached hydrogens (tertiary/aromatic N) is 1. The zero-order chi connectivity index (χ0) is 17.0. The van der Waals surface area contributed by atoms with E-state index in [2.05, 4.69) is 52.0 Å². The molecular formula is C18H38N2O2. The second kappa shape index (κ2) is 13.0. The Morgan fingerprint density at radius 1 is 1.14 bits per heavy atom. The highest BCUT2D eigenvalue weighted by Gasteiger charge is 2.13. The Hall–Kier alpha value is -0.450. The smallest absolute Gasteiger partial charge is 0.145 e. The Morgan fingerprint density at radius 2 is 1.64 bits per heavy atom. The quantitative estimate of drug-likeness (QED) is 0.699. The summed E-state index contributed by atoms with van der Waals surface area (Å²) in [5, 5.41) is 3.30. The fourth-order valence-corrected chi connectivity index (χ4v) is 2.76. The summed E-state index contributed by atoms with van der Waals surface area (Å²) in [5.74, 6) is 1.27. The lowest BCUT2D eigenvalue weighted by molar-refractivity contribution is -0.114. The third-order valence-corrected chi connectivity index (χ3v) is 4.00. The molecule has 1 N–H and O–H groups in total. The molecule has 4 heteroatoms. The van der Waals surface area contributed by atoms with Gasteiger partial charge in [-0.3, -0.25) is 0 Å². The molecule has 0 aliphatic carbocycles. The number of likely N-dealkylation sites (tertiary alicyclic amines) is 1. The third-order valence-electron chi connectivity index (χ3n) is 4.00. The van der Waals surface area contributed by atoms with Crippen LogP contribution in [0.3, 0.4) is 0 Å². The second-order valence-corrected chi connectivity index (χ2v) is 7.25. The number of aldehydes is 1. The first-order valence-electron chi connectivity index (χ1n) is 8.80. The van der Waals surface area contributed by atoms with Crippen molar-refractivity contribution in [2.75, 3.05) is 33.8 Å². The van der Waals surface area contributed by atoms with Gasteiger partial charge >= 0.3 is 0 Å². The summed E-state index contributed by atoms with van der Waals surface area (Å²) in [6.45, 7) is 11.5. The lowest BCUT2D eigenvalue weighted by atomic mass is 9.98. The SMILES string of the molecule is CC(C)CC(CC(C)C)OCC=O.CNC1CCN(C)CC1. The van der Waals surface area contributed by atoms with E-state index in [-0.39, 0.29) is 12.7 Å². The molecule has 0 radical (unpaired) electrons. The fourth-order valence-electron chi connectivity index (χ4n) is 2.76. The third kappa shape index (κ3) is 12.1. The Bertz CT molecular complexity index is 252. The molecule has 1 saturated heterocycles. The van der Waals surface area contributed by atoms with Gasteiger partial charge in [0.05, 0.1) is 6.10 Å². The molecule has 0 spiro atoms. The van der Waals surface area contributed by atoms with E-state index in [0.717, 1.165) is 25.2 Å². The zero-order valence-electron chi connectivity index (χ0n) is 15.6. The van der Waals surface area contributed by atoms with Crippen LogP contribution in [0.15, 0.2) is 0 Å². The number of hydrogen-bond donors (Lipinski definition) is 1. The van der Waals surface area contributed by atoms with Gasteiger partial charge in [-0.25, -0.2) is 0 Å². The van der Waals surface area contributed by atoms with Crippen molar-refractivity contribution >= 4 is 6.29 Å². The molecule has 1 aliphatic rings. The molecule has 0 bridgehead atoms. The van der Waals surface area contributed by atoms with Gasteiger partial charge in [-0.15, -0.1) is 0 Å². The summed E-state index contributed by atoms with van der Waals surface area (Å²) in [5.41, 5.74) is 0. The van der Waals surface area contributed by atoms with Gasteiger partial charge in [-0.05, 0) is 64.7 Å². The zero-order valence-corrected chi connectivity index (χ0v) is 15.6. The maximum atomic E-state index is 10.2. The largest absolute Gasteiger partial charge is 0.371 e. The highest BCUT2D eigenvalue weighted by atomic mass is 16.5. The van der Waals surface area contributed by atoms with E-state index >= 15 is 0 Å². The molecule has 0 amide bonds. The number of hydrogen-bond acceptors (Lipinski definition) is 4. The normalized spacial score (nSPS) is 17.0. The van der Waals surface area contributed by atoms with E-state index in [1.165, 1.54) is 25.9 Å². The average Bonchev–Trinajstić information content (AvgIpc) is 2.45. The summed E-state index contributed by atoms with van der Waals surface area (Å²) in [4.78, 5) is 12.5. The molecule has 1 fully saturated rings. The van der Waals surface area contributed by atoms with Crippen molar-refractivity contribution < 1.29 is 9.53 Å². The van der Waals surface area contributed by atoms with Crippen LogP contribution in [0.25, 0.3) is 0 Å².